The summed E-state index contributed by atoms with van der Waals surface area (Å²) >= 11 is 0. The van der Waals surface area contributed by atoms with Crippen LogP contribution in [0.15, 0.2) is 24.8 Å². The van der Waals surface area contributed by atoms with E-state index in [0.29, 0.717) is 153 Å². The molecule has 646 valence electrons. The van der Waals surface area contributed by atoms with Crippen molar-refractivity contribution in [3.8, 4) is 0 Å². The molecule has 15 N–H and O–H groups in total. The lowest BCUT2D eigenvalue weighted by atomic mass is 9.84. The summed E-state index contributed by atoms with van der Waals surface area (Å²) < 4.78 is 53.6. The standard InChI is InChI=1S/C73H125N17O24/c1-44-60(98)61(99)53(40-91)111-69(44)107-28-18-8-13-24-87-36-48(77-81-87)32-85(33-49-37-88(82-78-49)25-14-9-19-29-108-70-57(74-45(2)95)65(103)62(100)54(41-92)112-70)23-17-12-22-52(68(106)73(5,6)7)86(34-50-38-89(83-79-50)26-15-10-20-30-109-71-58(75-46(3)96)66(104)63(101)55(42-93)113-71)35-51-39-90(84-80-51)27-16-11-21-31-110-72-59(76-47(4)97)67(105)64(102)56(43-94)114-72/h36-39,44,52-67,69-72,91-94,98-105H,8-35,40-43H2,1-7H3,(H,74,95)(H,75,96)(H,76,97)/t44-,52+,53-,54-,55-,56-,57-,58-,59-,60-,61+,62+,63+,64+,65-,66-,67-,69-,70-,71-,72-/m1/s1. The number of aryl methyl sites for hydroxylation is 4. The second kappa shape index (κ2) is 46.8. The van der Waals surface area contributed by atoms with Crippen LogP contribution in [-0.2, 0) is 109 Å². The van der Waals surface area contributed by atoms with Gasteiger partial charge >= 0.3 is 0 Å². The van der Waals surface area contributed by atoms with Gasteiger partial charge in [-0.25, -0.2) is 0 Å². The zero-order chi connectivity index (χ0) is 82.6. The summed E-state index contributed by atoms with van der Waals surface area (Å²) in [6.45, 7) is 13.9. The first kappa shape index (κ1) is 93.3. The number of aliphatic hydroxyl groups is 12. The maximum atomic E-state index is 15.1. The van der Waals surface area contributed by atoms with Gasteiger partial charge < -0.3 is 115 Å². The van der Waals surface area contributed by atoms with Crippen molar-refractivity contribution in [2.24, 2.45) is 11.3 Å². The minimum absolute atomic E-state index is 0.00579. The Hall–Kier alpha value is -6.24. The van der Waals surface area contributed by atoms with E-state index in [1.165, 1.54) is 20.8 Å². The zero-order valence-electron chi connectivity index (χ0n) is 66.6. The van der Waals surface area contributed by atoms with E-state index in [-0.39, 0.29) is 38.7 Å². The fourth-order valence-corrected chi connectivity index (χ4v) is 14.4. The predicted octanol–water partition coefficient (Wildman–Crippen LogP) is -3.43. The molecular weight excluding hydrogens is 1500 g/mol. The van der Waals surface area contributed by atoms with Crippen LogP contribution in [0.3, 0.4) is 0 Å². The number of carbonyl (C=O) groups excluding carboxylic acids is 4. The normalized spacial score (nSPS) is 28.5. The highest BCUT2D eigenvalue weighted by molar-refractivity contribution is 5.88. The Labute approximate surface area is 663 Å². The molecule has 4 aromatic rings. The molecule has 41 nitrogen and oxygen atoms in total. The number of nitrogens with zero attached hydrogens (tertiary/aromatic N) is 14. The Balaban J connectivity index is 0.919. The number of amides is 3. The van der Waals surface area contributed by atoms with Crippen LogP contribution < -0.4 is 16.0 Å². The molecule has 4 fully saturated rings. The second-order valence-corrected chi connectivity index (χ2v) is 31.2. The third-order valence-electron chi connectivity index (χ3n) is 20.7. The van der Waals surface area contributed by atoms with E-state index >= 15 is 4.79 Å². The fourth-order valence-electron chi connectivity index (χ4n) is 14.4. The van der Waals surface area contributed by atoms with Gasteiger partial charge in [0.15, 0.2) is 30.9 Å². The van der Waals surface area contributed by atoms with E-state index in [1.54, 1.807) is 25.7 Å². The number of aliphatic hydroxyl groups excluding tert-OH is 12. The van der Waals surface area contributed by atoms with Crippen LogP contribution in [0, 0.1) is 11.3 Å². The number of nitrogens with one attached hydrogen (secondary N) is 3. The number of carbonyl (C=O) groups is 4. The maximum absolute atomic E-state index is 15.1. The first-order chi connectivity index (χ1) is 54.6. The topological polar surface area (TPSA) is 550 Å². The molecule has 0 unspecified atom stereocenters. The lowest BCUT2D eigenvalue weighted by molar-refractivity contribution is -0.282. The summed E-state index contributed by atoms with van der Waals surface area (Å²) in [5, 5.41) is 167. The van der Waals surface area contributed by atoms with Crippen molar-refractivity contribution in [2.45, 2.75) is 320 Å². The average Bonchev–Trinajstić information content (AvgIpc) is 1.07. The van der Waals surface area contributed by atoms with E-state index in [1.807, 2.05) is 45.6 Å². The molecule has 0 radical (unpaired) electrons. The molecule has 21 atom stereocenters. The number of Topliss-reactive ketones (excluding diaryl/α,β-unsaturated/α-hetero) is 1. The molecule has 8 heterocycles. The number of hydrogen-bond acceptors (Lipinski definition) is 34. The molecule has 0 saturated carbocycles. The maximum Gasteiger partial charge on any atom is 0.217 e. The van der Waals surface area contributed by atoms with Gasteiger partial charge in [0.2, 0.25) is 17.7 Å². The van der Waals surface area contributed by atoms with Gasteiger partial charge in [-0.2, -0.15) is 0 Å². The highest BCUT2D eigenvalue weighted by atomic mass is 16.7. The first-order valence-electron chi connectivity index (χ1n) is 39.9. The first-order valence-corrected chi connectivity index (χ1v) is 39.9. The summed E-state index contributed by atoms with van der Waals surface area (Å²) in [6, 6.07) is -3.80. The monoisotopic (exact) mass is 1620 g/mol. The minimum Gasteiger partial charge on any atom is -0.394 e. The van der Waals surface area contributed by atoms with E-state index < -0.39 is 178 Å². The van der Waals surface area contributed by atoms with Crippen molar-refractivity contribution >= 4 is 23.5 Å². The Morgan fingerprint density at radius 3 is 1.03 bits per heavy atom. The molecule has 4 aromatic heterocycles. The number of aromatic nitrogens is 12. The van der Waals surface area contributed by atoms with E-state index in [0.717, 1.165) is 18.5 Å². The number of unbranched alkanes of at least 4 members (excludes halogenated alkanes) is 9. The van der Waals surface area contributed by atoms with Crippen LogP contribution in [0.1, 0.15) is 168 Å². The van der Waals surface area contributed by atoms with Crippen LogP contribution in [0.2, 0.25) is 0 Å². The molecule has 0 aromatic carbocycles. The molecule has 8 rings (SSSR count). The highest BCUT2D eigenvalue weighted by Crippen LogP contribution is 2.31. The van der Waals surface area contributed by atoms with E-state index in [4.69, 9.17) is 37.9 Å². The molecule has 4 aliphatic heterocycles. The lowest BCUT2D eigenvalue weighted by Crippen LogP contribution is -2.64. The summed E-state index contributed by atoms with van der Waals surface area (Å²) in [7, 11) is 0. The van der Waals surface area contributed by atoms with Crippen molar-refractivity contribution < 1.29 is 118 Å². The third kappa shape index (κ3) is 28.2. The quantitative estimate of drug-likeness (QED) is 0.0191. The third-order valence-corrected chi connectivity index (χ3v) is 20.7. The van der Waals surface area contributed by atoms with Crippen molar-refractivity contribution in [1.82, 2.24) is 85.7 Å². The lowest BCUT2D eigenvalue weighted by Gasteiger charge is -2.42. The highest BCUT2D eigenvalue weighted by Gasteiger charge is 2.49. The van der Waals surface area contributed by atoms with Gasteiger partial charge in [-0.15, -0.1) is 20.4 Å². The van der Waals surface area contributed by atoms with Gasteiger partial charge in [-0.1, -0.05) is 55.0 Å². The molecule has 41 heteroatoms. The van der Waals surface area contributed by atoms with E-state index in [9.17, 15) is 75.7 Å². The van der Waals surface area contributed by atoms with Crippen LogP contribution in [0.4, 0.5) is 0 Å². The van der Waals surface area contributed by atoms with Gasteiger partial charge in [0.05, 0.1) is 61.3 Å². The molecule has 3 amide bonds. The zero-order valence-corrected chi connectivity index (χ0v) is 66.6. The Morgan fingerprint density at radius 2 is 0.719 bits per heavy atom. The van der Waals surface area contributed by atoms with Crippen molar-refractivity contribution in [3.63, 3.8) is 0 Å². The number of ether oxygens (including phenoxy) is 8. The minimum atomic E-state index is -1.44. The van der Waals surface area contributed by atoms with Crippen LogP contribution in [0.5, 0.6) is 0 Å². The van der Waals surface area contributed by atoms with Crippen molar-refractivity contribution in [2.75, 3.05) is 59.4 Å². The van der Waals surface area contributed by atoms with Gasteiger partial charge in [0.25, 0.3) is 0 Å². The van der Waals surface area contributed by atoms with E-state index in [2.05, 4.69) is 67.0 Å². The van der Waals surface area contributed by atoms with Crippen LogP contribution in [0.25, 0.3) is 0 Å². The predicted molar refractivity (Wildman–Crippen MR) is 398 cm³/mol. The average molecular weight is 1620 g/mol. The van der Waals surface area contributed by atoms with Gasteiger partial charge in [0, 0.05) is 136 Å². The van der Waals surface area contributed by atoms with Crippen molar-refractivity contribution in [1.29, 1.82) is 0 Å². The van der Waals surface area contributed by atoms with Crippen LogP contribution in [-0.4, -0.2) is 337 Å². The number of rotatable bonds is 50. The Kier molecular flexibility index (Phi) is 38.3. The fraction of sp³-hybridized carbons (Fsp3) is 0.836. The Bertz CT molecular complexity index is 3360. The molecule has 0 spiro atoms. The smallest absolute Gasteiger partial charge is 0.217 e. The molecular formula is C73H125N17O24. The summed E-state index contributed by atoms with van der Waals surface area (Å²) in [4.78, 5) is 55.2. The molecule has 4 saturated heterocycles. The number of ketones is 1. The molecule has 0 bridgehead atoms. The molecule has 0 aliphatic carbocycles. The van der Waals surface area contributed by atoms with Gasteiger partial charge in [-0.3, -0.25) is 47.7 Å². The molecule has 114 heavy (non-hydrogen) atoms. The van der Waals surface area contributed by atoms with Gasteiger partial charge in [-0.05, 0) is 96.4 Å². The van der Waals surface area contributed by atoms with Crippen LogP contribution >= 0.6 is 0 Å². The Morgan fingerprint density at radius 1 is 0.421 bits per heavy atom. The SMILES string of the molecule is CC(=O)N[C@H]1[C@H](OCCCCCn2cc(CN(CCCC[C@@H](C(=O)C(C)(C)C)N(Cc3cn(CCCCCO[C@@H]4O[C@H](CO)[C@H](O)[C@H](O)[C@H]4NC(C)=O)nn3)Cc3cn(CCCCCO[C@@H]4O[C@H](CO)[C@H](O)[C@H](O)[C@H]4NC(C)=O)nn3)Cc3cn(CCCCCO[C@@H]4O[C@H](CO)[C@H](O)[C@H](O)[C@H]4C)nn3)nn2)O[C@H](CO)[C@H](O)[C@@H]1O. The summed E-state index contributed by atoms with van der Waals surface area (Å²) in [6.07, 6.45) is -1.99. The summed E-state index contributed by atoms with van der Waals surface area (Å²) in [5.41, 5.74) is 1.86. The largest absolute Gasteiger partial charge is 0.394 e. The van der Waals surface area contributed by atoms with Crippen molar-refractivity contribution in [3.05, 3.63) is 47.6 Å². The number of hydrogen-bond donors (Lipinski definition) is 15. The second-order valence-electron chi connectivity index (χ2n) is 31.2. The van der Waals surface area contributed by atoms with Gasteiger partial charge in [0.1, 0.15) is 85.3 Å². The summed E-state index contributed by atoms with van der Waals surface area (Å²) in [5.74, 6) is -1.85. The molecule has 4 aliphatic rings.